The molecule has 7 heteroatoms. The summed E-state index contributed by atoms with van der Waals surface area (Å²) in [5, 5.41) is 2.89. The largest absolute Gasteiger partial charge is 0.492 e. The second-order valence-corrected chi connectivity index (χ2v) is 7.36. The summed E-state index contributed by atoms with van der Waals surface area (Å²) >= 11 is 3.45. The summed E-state index contributed by atoms with van der Waals surface area (Å²) in [5.74, 6) is 1.97. The molecule has 1 aliphatic rings. The lowest BCUT2D eigenvalue weighted by Gasteiger charge is -2.27. The number of hydrogen-bond acceptors (Lipinski definition) is 5. The maximum Gasteiger partial charge on any atom is 0.251 e. The molecule has 0 radical (unpaired) electrons. The fourth-order valence-corrected chi connectivity index (χ4v) is 3.00. The highest BCUT2D eigenvalue weighted by Crippen LogP contribution is 2.38. The van der Waals surface area contributed by atoms with Crippen LogP contribution in [0, 0.1) is 0 Å². The predicted octanol–water partition coefficient (Wildman–Crippen LogP) is 2.96. The number of para-hydroxylation sites is 1. The van der Waals surface area contributed by atoms with Crippen molar-refractivity contribution in [2.75, 3.05) is 40.4 Å². The summed E-state index contributed by atoms with van der Waals surface area (Å²) in [6.45, 7) is 2.20. The molecule has 1 aliphatic heterocycles. The minimum Gasteiger partial charge on any atom is -0.492 e. The molecule has 0 saturated heterocycles. The van der Waals surface area contributed by atoms with Gasteiger partial charge in [0.15, 0.2) is 17.6 Å². The molecular weight excluding hydrogens is 412 g/mol. The Morgan fingerprint density at radius 2 is 2.04 bits per heavy atom. The number of ether oxygens (including phenoxy) is 3. The maximum absolute atomic E-state index is 12.4. The van der Waals surface area contributed by atoms with Crippen LogP contribution in [0.2, 0.25) is 0 Å². The molecule has 0 spiro atoms. The van der Waals surface area contributed by atoms with Crippen molar-refractivity contribution in [2.24, 2.45) is 0 Å². The predicted molar refractivity (Wildman–Crippen MR) is 107 cm³/mol. The van der Waals surface area contributed by atoms with Crippen LogP contribution in [0.25, 0.3) is 0 Å². The average molecular weight is 435 g/mol. The zero-order chi connectivity index (χ0) is 19.2. The van der Waals surface area contributed by atoms with Crippen molar-refractivity contribution < 1.29 is 19.0 Å². The van der Waals surface area contributed by atoms with Crippen molar-refractivity contribution in [1.29, 1.82) is 0 Å². The Morgan fingerprint density at radius 1 is 1.26 bits per heavy atom. The van der Waals surface area contributed by atoms with Gasteiger partial charge in [0.1, 0.15) is 19.0 Å². The molecular formula is C20H23BrN2O4. The SMILES string of the molecule is CN(C)CCOc1ccc(C(=O)NC[C@@H]2COc3cccc(Br)c3O2)cc1. The highest BCUT2D eigenvalue weighted by atomic mass is 79.9. The molecule has 0 unspecified atom stereocenters. The van der Waals surface area contributed by atoms with Crippen LogP contribution < -0.4 is 19.5 Å². The van der Waals surface area contributed by atoms with Gasteiger partial charge in [-0.3, -0.25) is 4.79 Å². The minimum atomic E-state index is -0.242. The van der Waals surface area contributed by atoms with Crippen molar-refractivity contribution in [1.82, 2.24) is 10.2 Å². The fraction of sp³-hybridized carbons (Fsp3) is 0.350. The first-order valence-corrected chi connectivity index (χ1v) is 9.56. The van der Waals surface area contributed by atoms with Gasteiger partial charge in [-0.05, 0) is 66.4 Å². The number of nitrogens with zero attached hydrogens (tertiary/aromatic N) is 1. The standard InChI is InChI=1S/C20H23BrN2O4/c1-23(2)10-11-25-15-8-6-14(7-9-15)20(24)22-12-16-13-26-18-5-3-4-17(21)19(18)27-16/h3-9,16H,10-13H2,1-2H3,(H,22,24)/t16-/m1/s1. The Morgan fingerprint density at radius 3 is 2.78 bits per heavy atom. The number of fused-ring (bicyclic) bond motifs is 1. The zero-order valence-electron chi connectivity index (χ0n) is 15.4. The molecule has 2 aromatic carbocycles. The van der Waals surface area contributed by atoms with Gasteiger partial charge in [0.25, 0.3) is 5.91 Å². The molecule has 2 aromatic rings. The van der Waals surface area contributed by atoms with E-state index in [1.54, 1.807) is 24.3 Å². The van der Waals surface area contributed by atoms with Gasteiger partial charge < -0.3 is 24.4 Å². The lowest BCUT2D eigenvalue weighted by Crippen LogP contribution is -2.40. The van der Waals surface area contributed by atoms with E-state index < -0.39 is 0 Å². The molecule has 0 aliphatic carbocycles. The lowest BCUT2D eigenvalue weighted by atomic mass is 10.2. The first-order chi connectivity index (χ1) is 13.0. The monoisotopic (exact) mass is 434 g/mol. The summed E-state index contributed by atoms with van der Waals surface area (Å²) in [6, 6.07) is 12.8. The van der Waals surface area contributed by atoms with E-state index in [1.807, 2.05) is 32.3 Å². The van der Waals surface area contributed by atoms with Crippen LogP contribution in [0.5, 0.6) is 17.2 Å². The number of hydrogen-bond donors (Lipinski definition) is 1. The molecule has 0 aromatic heterocycles. The summed E-state index contributed by atoms with van der Waals surface area (Å²) in [7, 11) is 3.99. The highest BCUT2D eigenvalue weighted by molar-refractivity contribution is 9.10. The van der Waals surface area contributed by atoms with E-state index in [0.717, 1.165) is 16.8 Å². The Balaban J connectivity index is 1.49. The number of nitrogens with one attached hydrogen (secondary N) is 1. The van der Waals surface area contributed by atoms with Crippen molar-refractivity contribution in [3.05, 3.63) is 52.5 Å². The van der Waals surface area contributed by atoms with Gasteiger partial charge in [-0.15, -0.1) is 0 Å². The number of amides is 1. The number of carbonyl (C=O) groups excluding carboxylic acids is 1. The molecule has 1 atom stereocenters. The van der Waals surface area contributed by atoms with E-state index >= 15 is 0 Å². The minimum absolute atomic E-state index is 0.156. The van der Waals surface area contributed by atoms with Crippen molar-refractivity contribution in [3.63, 3.8) is 0 Å². The number of carbonyl (C=O) groups is 1. The first-order valence-electron chi connectivity index (χ1n) is 8.76. The molecule has 0 bridgehead atoms. The second kappa shape index (κ2) is 9.10. The smallest absolute Gasteiger partial charge is 0.251 e. The van der Waals surface area contributed by atoms with Gasteiger partial charge in [-0.1, -0.05) is 6.07 Å². The van der Waals surface area contributed by atoms with E-state index in [0.29, 0.717) is 36.8 Å². The zero-order valence-corrected chi connectivity index (χ0v) is 17.0. The van der Waals surface area contributed by atoms with Gasteiger partial charge >= 0.3 is 0 Å². The van der Waals surface area contributed by atoms with Crippen molar-refractivity contribution >= 4 is 21.8 Å². The van der Waals surface area contributed by atoms with E-state index in [9.17, 15) is 4.79 Å². The highest BCUT2D eigenvalue weighted by Gasteiger charge is 2.23. The topological polar surface area (TPSA) is 60.0 Å². The third-order valence-corrected chi connectivity index (χ3v) is 4.68. The van der Waals surface area contributed by atoms with Crippen LogP contribution in [0.1, 0.15) is 10.4 Å². The lowest BCUT2D eigenvalue weighted by molar-refractivity contribution is 0.0784. The second-order valence-electron chi connectivity index (χ2n) is 6.50. The van der Waals surface area contributed by atoms with Crippen LogP contribution in [-0.2, 0) is 0 Å². The van der Waals surface area contributed by atoms with E-state index in [2.05, 4.69) is 26.1 Å². The Hall–Kier alpha value is -2.25. The normalized spacial score (nSPS) is 15.5. The Kier molecular flexibility index (Phi) is 6.58. The van der Waals surface area contributed by atoms with Crippen LogP contribution in [0.3, 0.4) is 0 Å². The molecule has 27 heavy (non-hydrogen) atoms. The van der Waals surface area contributed by atoms with Gasteiger partial charge in [-0.2, -0.15) is 0 Å². The quantitative estimate of drug-likeness (QED) is 0.725. The van der Waals surface area contributed by atoms with Gasteiger partial charge in [-0.25, -0.2) is 0 Å². The molecule has 1 heterocycles. The van der Waals surface area contributed by atoms with Crippen molar-refractivity contribution in [2.45, 2.75) is 6.10 Å². The van der Waals surface area contributed by atoms with Gasteiger partial charge in [0.2, 0.25) is 0 Å². The molecule has 144 valence electrons. The molecule has 1 N–H and O–H groups in total. The summed E-state index contributed by atoms with van der Waals surface area (Å²) in [6.07, 6.45) is -0.242. The average Bonchev–Trinajstić information content (AvgIpc) is 2.67. The number of benzene rings is 2. The Bertz CT molecular complexity index is 780. The third-order valence-electron chi connectivity index (χ3n) is 4.05. The first kappa shape index (κ1) is 19.5. The van der Waals surface area contributed by atoms with Crippen LogP contribution >= 0.6 is 15.9 Å². The number of rotatable bonds is 7. The molecule has 0 saturated carbocycles. The van der Waals surface area contributed by atoms with Crippen molar-refractivity contribution in [3.8, 4) is 17.2 Å². The van der Waals surface area contributed by atoms with Crippen LogP contribution in [-0.4, -0.2) is 57.3 Å². The fourth-order valence-electron chi connectivity index (χ4n) is 2.56. The third kappa shape index (κ3) is 5.37. The summed E-state index contributed by atoms with van der Waals surface area (Å²) in [5.41, 5.74) is 0.577. The van der Waals surface area contributed by atoms with Crippen LogP contribution in [0.15, 0.2) is 46.9 Å². The number of likely N-dealkylation sites (N-methyl/N-ethyl adjacent to an activating group) is 1. The number of halogens is 1. The Labute approximate surface area is 167 Å². The summed E-state index contributed by atoms with van der Waals surface area (Å²) < 4.78 is 18.1. The van der Waals surface area contributed by atoms with Gasteiger partial charge in [0, 0.05) is 12.1 Å². The van der Waals surface area contributed by atoms with Gasteiger partial charge in [0.05, 0.1) is 11.0 Å². The van der Waals surface area contributed by atoms with E-state index in [4.69, 9.17) is 14.2 Å². The van der Waals surface area contributed by atoms with E-state index in [-0.39, 0.29) is 12.0 Å². The van der Waals surface area contributed by atoms with Crippen LogP contribution in [0.4, 0.5) is 0 Å². The summed E-state index contributed by atoms with van der Waals surface area (Å²) in [4.78, 5) is 14.4. The molecule has 6 nitrogen and oxygen atoms in total. The molecule has 3 rings (SSSR count). The molecule has 1 amide bonds. The molecule has 0 fully saturated rings. The van der Waals surface area contributed by atoms with E-state index in [1.165, 1.54) is 0 Å². The maximum atomic E-state index is 12.4.